The maximum Gasteiger partial charge on any atom is 0.321 e. The Labute approximate surface area is 142 Å². The summed E-state index contributed by atoms with van der Waals surface area (Å²) in [5.74, 6) is -0.648. The lowest BCUT2D eigenvalue weighted by Crippen LogP contribution is -2.49. The van der Waals surface area contributed by atoms with Gasteiger partial charge >= 0.3 is 5.97 Å². The number of nitrogens with one attached hydrogen (secondary N) is 1. The van der Waals surface area contributed by atoms with Gasteiger partial charge in [0.05, 0.1) is 0 Å². The highest BCUT2D eigenvalue weighted by Crippen LogP contribution is 2.38. The third-order valence-electron chi connectivity index (χ3n) is 6.09. The van der Waals surface area contributed by atoms with Crippen molar-refractivity contribution in [3.63, 3.8) is 0 Å². The zero-order chi connectivity index (χ0) is 16.9. The van der Waals surface area contributed by atoms with E-state index in [1.54, 1.807) is 6.92 Å². The number of fused-ring (bicyclic) bond motifs is 3. The molecule has 0 aromatic heterocycles. The van der Waals surface area contributed by atoms with Crippen LogP contribution in [0.5, 0.6) is 0 Å². The van der Waals surface area contributed by atoms with E-state index in [2.05, 4.69) is 17.3 Å². The van der Waals surface area contributed by atoms with Gasteiger partial charge in [-0.3, -0.25) is 9.59 Å². The molecule has 1 N–H and O–H groups in total. The number of amides is 1. The van der Waals surface area contributed by atoms with Crippen LogP contribution in [-0.2, 0) is 20.7 Å². The third kappa shape index (κ3) is 2.42. The Morgan fingerprint density at radius 1 is 1.25 bits per heavy atom. The first-order valence-corrected chi connectivity index (χ1v) is 8.80. The Bertz CT molecular complexity index is 675. The number of anilines is 1. The van der Waals surface area contributed by atoms with Gasteiger partial charge in [0.25, 0.3) is 0 Å². The molecule has 0 spiro atoms. The van der Waals surface area contributed by atoms with Crippen molar-refractivity contribution in [1.29, 1.82) is 0 Å². The summed E-state index contributed by atoms with van der Waals surface area (Å²) in [6.45, 7) is 1.70. The Kier molecular flexibility index (Phi) is 3.64. The van der Waals surface area contributed by atoms with Crippen LogP contribution >= 0.6 is 0 Å². The van der Waals surface area contributed by atoms with Gasteiger partial charge in [-0.25, -0.2) is 0 Å². The van der Waals surface area contributed by atoms with Gasteiger partial charge in [0, 0.05) is 17.8 Å². The molecule has 2 bridgehead atoms. The maximum atomic E-state index is 12.8. The smallest absolute Gasteiger partial charge is 0.321 e. The first kappa shape index (κ1) is 15.6. The number of benzene rings is 1. The molecule has 4 rings (SSSR count). The van der Waals surface area contributed by atoms with Crippen molar-refractivity contribution in [2.24, 2.45) is 5.41 Å². The lowest BCUT2D eigenvalue weighted by molar-refractivity contribution is -0.166. The topological polar surface area (TPSA) is 58.6 Å². The molecule has 0 radical (unpaired) electrons. The number of carbonyl (C=O) groups is 2. The molecule has 0 aliphatic carbocycles. The number of para-hydroxylation sites is 1. The summed E-state index contributed by atoms with van der Waals surface area (Å²) in [7, 11) is 2.16. The van der Waals surface area contributed by atoms with Crippen molar-refractivity contribution >= 4 is 17.6 Å². The highest BCUT2D eigenvalue weighted by atomic mass is 16.5. The van der Waals surface area contributed by atoms with Crippen molar-refractivity contribution < 1.29 is 14.3 Å². The van der Waals surface area contributed by atoms with Crippen LogP contribution in [0.4, 0.5) is 5.69 Å². The number of nitrogens with zero attached hydrogens (tertiary/aromatic N) is 1. The van der Waals surface area contributed by atoms with Crippen LogP contribution in [0.15, 0.2) is 24.3 Å². The molecule has 128 valence electrons. The van der Waals surface area contributed by atoms with E-state index in [1.807, 2.05) is 24.3 Å². The molecule has 3 heterocycles. The first-order chi connectivity index (χ1) is 11.5. The Morgan fingerprint density at radius 3 is 2.62 bits per heavy atom. The molecular weight excluding hydrogens is 304 g/mol. The van der Waals surface area contributed by atoms with Gasteiger partial charge in [0.2, 0.25) is 5.91 Å². The van der Waals surface area contributed by atoms with E-state index in [1.165, 1.54) is 12.8 Å². The van der Waals surface area contributed by atoms with Gasteiger partial charge in [0.1, 0.15) is 11.5 Å². The van der Waals surface area contributed by atoms with E-state index in [-0.39, 0.29) is 18.0 Å². The molecule has 5 heteroatoms. The Balaban J connectivity index is 1.49. The van der Waals surface area contributed by atoms with Crippen LogP contribution in [0.2, 0.25) is 0 Å². The van der Waals surface area contributed by atoms with Gasteiger partial charge in [-0.1, -0.05) is 18.2 Å². The minimum atomic E-state index is -1.14. The minimum absolute atomic E-state index is 0.0620. The first-order valence-electron chi connectivity index (χ1n) is 8.80. The molecule has 1 aromatic rings. The molecule has 0 saturated carbocycles. The maximum absolute atomic E-state index is 12.8. The summed E-state index contributed by atoms with van der Waals surface area (Å²) in [6, 6.07) is 8.65. The van der Waals surface area contributed by atoms with Crippen LogP contribution < -0.4 is 5.32 Å². The summed E-state index contributed by atoms with van der Waals surface area (Å²) in [4.78, 5) is 27.8. The van der Waals surface area contributed by atoms with E-state index in [4.69, 9.17) is 4.74 Å². The lowest BCUT2D eigenvalue weighted by atomic mass is 9.79. The largest absolute Gasteiger partial charge is 0.461 e. The molecule has 1 unspecified atom stereocenters. The van der Waals surface area contributed by atoms with Gasteiger partial charge < -0.3 is 15.0 Å². The third-order valence-corrected chi connectivity index (χ3v) is 6.09. The normalized spacial score (nSPS) is 35.2. The number of rotatable bonds is 2. The lowest BCUT2D eigenvalue weighted by Gasteiger charge is -2.38. The number of ether oxygens (including phenoxy) is 1. The van der Waals surface area contributed by atoms with E-state index >= 15 is 0 Å². The number of hydrogen-bond donors (Lipinski definition) is 1. The molecule has 24 heavy (non-hydrogen) atoms. The summed E-state index contributed by atoms with van der Waals surface area (Å²) in [6.07, 6.45) is 4.46. The SMILES string of the molecule is CN1[C@@H]2CC[C@H]1CC(OC(=O)[C@@]1(C)Cc3ccccc3NC1=O)C2. The van der Waals surface area contributed by atoms with Gasteiger partial charge in [0.15, 0.2) is 0 Å². The number of hydrogen-bond acceptors (Lipinski definition) is 4. The van der Waals surface area contributed by atoms with E-state index < -0.39 is 5.41 Å². The van der Waals surface area contributed by atoms with Crippen molar-refractivity contribution in [1.82, 2.24) is 4.90 Å². The number of carbonyl (C=O) groups excluding carboxylic acids is 2. The fourth-order valence-electron chi connectivity index (χ4n) is 4.42. The molecule has 3 aliphatic heterocycles. The van der Waals surface area contributed by atoms with Crippen LogP contribution in [0, 0.1) is 5.41 Å². The number of piperidine rings is 1. The highest BCUT2D eigenvalue weighted by Gasteiger charge is 2.48. The molecular formula is C19H24N2O3. The van der Waals surface area contributed by atoms with Crippen molar-refractivity contribution in [2.45, 2.75) is 57.2 Å². The van der Waals surface area contributed by atoms with E-state index in [9.17, 15) is 9.59 Å². The second kappa shape index (κ2) is 5.59. The van der Waals surface area contributed by atoms with Crippen LogP contribution in [0.25, 0.3) is 0 Å². The second-order valence-electron chi connectivity index (χ2n) is 7.67. The Morgan fingerprint density at radius 2 is 1.92 bits per heavy atom. The van der Waals surface area contributed by atoms with Crippen LogP contribution in [-0.4, -0.2) is 42.0 Å². The van der Waals surface area contributed by atoms with Crippen molar-refractivity contribution in [2.75, 3.05) is 12.4 Å². The summed E-state index contributed by atoms with van der Waals surface area (Å²) in [5.41, 5.74) is 0.640. The molecule has 3 aliphatic rings. The predicted octanol–water partition coefficient (Wildman–Crippen LogP) is 2.36. The van der Waals surface area contributed by atoms with Gasteiger partial charge in [-0.15, -0.1) is 0 Å². The zero-order valence-electron chi connectivity index (χ0n) is 14.2. The summed E-state index contributed by atoms with van der Waals surface area (Å²) < 4.78 is 5.82. The van der Waals surface area contributed by atoms with Crippen molar-refractivity contribution in [3.05, 3.63) is 29.8 Å². The summed E-state index contributed by atoms with van der Waals surface area (Å²) >= 11 is 0. The minimum Gasteiger partial charge on any atom is -0.461 e. The molecule has 4 atom stereocenters. The molecule has 1 amide bonds. The molecule has 1 aromatic carbocycles. The average molecular weight is 328 g/mol. The standard InChI is InChI=1S/C19H24N2O3/c1-19(11-12-5-3-4-6-16(12)20-17(19)22)18(23)24-15-9-13-7-8-14(10-15)21(13)2/h3-6,13-15H,7-11H2,1-2H3,(H,20,22)/t13-,14+,15?,19-/m0/s1. The fraction of sp³-hybridized carbons (Fsp3) is 0.579. The quantitative estimate of drug-likeness (QED) is 0.669. The average Bonchev–Trinajstić information content (AvgIpc) is 2.77. The highest BCUT2D eigenvalue weighted by molar-refractivity contribution is 6.10. The van der Waals surface area contributed by atoms with Gasteiger partial charge in [-0.05, 0) is 57.7 Å². The Hall–Kier alpha value is -1.88. The van der Waals surface area contributed by atoms with Crippen molar-refractivity contribution in [3.8, 4) is 0 Å². The van der Waals surface area contributed by atoms with Crippen LogP contribution in [0.3, 0.4) is 0 Å². The van der Waals surface area contributed by atoms with Gasteiger partial charge in [-0.2, -0.15) is 0 Å². The number of esters is 1. The zero-order valence-corrected chi connectivity index (χ0v) is 14.2. The fourth-order valence-corrected chi connectivity index (χ4v) is 4.42. The molecule has 5 nitrogen and oxygen atoms in total. The predicted molar refractivity (Wildman–Crippen MR) is 90.6 cm³/mol. The molecule has 2 fully saturated rings. The van der Waals surface area contributed by atoms with E-state index in [0.717, 1.165) is 24.1 Å². The second-order valence-corrected chi connectivity index (χ2v) is 7.67. The monoisotopic (exact) mass is 328 g/mol. The van der Waals surface area contributed by atoms with E-state index in [0.29, 0.717) is 18.5 Å². The van der Waals surface area contributed by atoms with Crippen LogP contribution in [0.1, 0.15) is 38.2 Å². The summed E-state index contributed by atoms with van der Waals surface area (Å²) in [5, 5.41) is 2.86. The molecule has 2 saturated heterocycles.